The highest BCUT2D eigenvalue weighted by Crippen LogP contribution is 2.41. The van der Waals surface area contributed by atoms with Crippen molar-refractivity contribution in [3.05, 3.63) is 42.2 Å². The van der Waals surface area contributed by atoms with E-state index in [4.69, 9.17) is 13.0 Å². The van der Waals surface area contributed by atoms with Crippen LogP contribution in [0.5, 0.6) is 0 Å². The van der Waals surface area contributed by atoms with Crippen LogP contribution in [-0.4, -0.2) is 36.3 Å². The van der Waals surface area contributed by atoms with Crippen molar-refractivity contribution in [1.29, 1.82) is 0 Å². The van der Waals surface area contributed by atoms with E-state index in [1.807, 2.05) is 25.1 Å². The number of carbonyl (C=O) groups is 1. The maximum Gasteiger partial charge on any atom is 0.485 e. The van der Waals surface area contributed by atoms with E-state index in [1.165, 1.54) is 0 Å². The minimum Gasteiger partial charge on any atom is -0.741 e. The second kappa shape index (κ2) is 6.99. The fourth-order valence-electron chi connectivity index (χ4n) is 2.88. The Balaban J connectivity index is 0.000000260. The van der Waals surface area contributed by atoms with Crippen LogP contribution in [0.3, 0.4) is 0 Å². The SMILES string of the molecule is CC1=CCC(C2(C)CN2[n+]2ccccc2)CC1=O.O=S(=O)([O-])C(F)(F)F. The number of pyridine rings is 1. The van der Waals surface area contributed by atoms with Gasteiger partial charge < -0.3 is 4.55 Å². The van der Waals surface area contributed by atoms with Gasteiger partial charge in [0.15, 0.2) is 28.3 Å². The third kappa shape index (κ3) is 4.42. The van der Waals surface area contributed by atoms with Gasteiger partial charge in [0.05, 0.1) is 0 Å². The Morgan fingerprint density at radius 1 is 1.27 bits per heavy atom. The Bertz CT molecular complexity index is 809. The summed E-state index contributed by atoms with van der Waals surface area (Å²) < 4.78 is 61.0. The maximum absolute atomic E-state index is 11.8. The molecule has 0 aromatic carbocycles. The smallest absolute Gasteiger partial charge is 0.485 e. The Morgan fingerprint density at radius 2 is 1.81 bits per heavy atom. The fraction of sp³-hybridized carbons (Fsp3) is 0.500. The number of nitrogens with zero attached hydrogens (tertiary/aromatic N) is 2. The monoisotopic (exact) mass is 392 g/mol. The van der Waals surface area contributed by atoms with Crippen molar-refractivity contribution in [1.82, 2.24) is 0 Å². The topological polar surface area (TPSA) is 81.2 Å². The zero-order valence-electron chi connectivity index (χ0n) is 14.2. The van der Waals surface area contributed by atoms with Gasteiger partial charge in [0.25, 0.3) is 0 Å². The van der Waals surface area contributed by atoms with Gasteiger partial charge in [0.1, 0.15) is 12.1 Å². The summed E-state index contributed by atoms with van der Waals surface area (Å²) in [6.45, 7) is 5.23. The van der Waals surface area contributed by atoms with Crippen LogP contribution in [0.25, 0.3) is 0 Å². The van der Waals surface area contributed by atoms with Gasteiger partial charge >= 0.3 is 5.51 Å². The lowest BCUT2D eigenvalue weighted by Gasteiger charge is -2.24. The van der Waals surface area contributed by atoms with Crippen molar-refractivity contribution in [2.24, 2.45) is 5.92 Å². The van der Waals surface area contributed by atoms with Crippen molar-refractivity contribution < 1.29 is 35.6 Å². The predicted octanol–water partition coefficient (Wildman–Crippen LogP) is 1.66. The van der Waals surface area contributed by atoms with E-state index in [9.17, 15) is 18.0 Å². The van der Waals surface area contributed by atoms with Gasteiger partial charge in [-0.05, 0) is 31.8 Å². The molecule has 0 amide bonds. The molecule has 0 radical (unpaired) electrons. The first kappa shape index (κ1) is 20.4. The number of hydrogen-bond acceptors (Lipinski definition) is 5. The van der Waals surface area contributed by atoms with Crippen LogP contribution < -0.4 is 9.69 Å². The van der Waals surface area contributed by atoms with Crippen LogP contribution in [0.4, 0.5) is 13.2 Å². The molecule has 1 fully saturated rings. The zero-order chi connectivity index (χ0) is 19.8. The molecule has 2 atom stereocenters. The van der Waals surface area contributed by atoms with E-state index in [1.54, 1.807) is 0 Å². The molecule has 0 bridgehead atoms. The highest BCUT2D eigenvalue weighted by Gasteiger charge is 2.59. The third-order valence-electron chi connectivity index (χ3n) is 4.68. The molecule has 1 saturated heterocycles. The van der Waals surface area contributed by atoms with Crippen LogP contribution in [0.1, 0.15) is 26.7 Å². The number of carbonyl (C=O) groups excluding carboxylic acids is 1. The summed E-state index contributed by atoms with van der Waals surface area (Å²) in [7, 11) is -6.09. The fourth-order valence-corrected chi connectivity index (χ4v) is 2.88. The van der Waals surface area contributed by atoms with Crippen molar-refractivity contribution in [2.45, 2.75) is 37.7 Å². The van der Waals surface area contributed by atoms with Crippen molar-refractivity contribution in [2.75, 3.05) is 11.6 Å². The molecule has 2 unspecified atom stereocenters. The van der Waals surface area contributed by atoms with E-state index in [2.05, 4.69) is 35.1 Å². The number of alkyl halides is 3. The number of allylic oxidation sites excluding steroid dienone is 2. The summed E-state index contributed by atoms with van der Waals surface area (Å²) in [4.78, 5) is 11.8. The van der Waals surface area contributed by atoms with Gasteiger partial charge in [0, 0.05) is 18.6 Å². The highest BCUT2D eigenvalue weighted by atomic mass is 32.2. The lowest BCUT2D eigenvalue weighted by atomic mass is 9.81. The Hall–Kier alpha value is -1.94. The lowest BCUT2D eigenvalue weighted by molar-refractivity contribution is -0.679. The third-order valence-corrected chi connectivity index (χ3v) is 5.24. The van der Waals surface area contributed by atoms with E-state index in [-0.39, 0.29) is 5.54 Å². The van der Waals surface area contributed by atoms with Crippen LogP contribution in [-0.2, 0) is 14.9 Å². The second-order valence-corrected chi connectivity index (χ2v) is 7.89. The summed E-state index contributed by atoms with van der Waals surface area (Å²) in [5.74, 6) is 0.763. The highest BCUT2D eigenvalue weighted by molar-refractivity contribution is 7.86. The van der Waals surface area contributed by atoms with Crippen molar-refractivity contribution >= 4 is 15.9 Å². The first-order valence-electron chi connectivity index (χ1n) is 7.82. The number of aromatic nitrogens is 1. The molecule has 26 heavy (non-hydrogen) atoms. The molecule has 1 aliphatic carbocycles. The quantitative estimate of drug-likeness (QED) is 0.331. The molecule has 144 valence electrons. The molecule has 0 N–H and O–H groups in total. The Morgan fingerprint density at radius 3 is 2.27 bits per heavy atom. The zero-order valence-corrected chi connectivity index (χ0v) is 15.0. The van der Waals surface area contributed by atoms with Crippen LogP contribution >= 0.6 is 0 Å². The first-order chi connectivity index (χ1) is 11.9. The van der Waals surface area contributed by atoms with E-state index >= 15 is 0 Å². The van der Waals surface area contributed by atoms with Crippen LogP contribution in [0, 0.1) is 5.92 Å². The summed E-state index contributed by atoms with van der Waals surface area (Å²) in [5.41, 5.74) is -4.57. The van der Waals surface area contributed by atoms with Crippen molar-refractivity contribution in [3.8, 4) is 0 Å². The van der Waals surface area contributed by atoms with Crippen molar-refractivity contribution in [3.63, 3.8) is 0 Å². The van der Waals surface area contributed by atoms with Gasteiger partial charge in [-0.2, -0.15) is 18.2 Å². The summed E-state index contributed by atoms with van der Waals surface area (Å²) in [5, 5.41) is 2.33. The average molecular weight is 392 g/mol. The lowest BCUT2D eigenvalue weighted by Crippen LogP contribution is -2.50. The molecule has 10 heteroatoms. The standard InChI is InChI=1S/C15H19N2O.CHF3O3S/c1-12-6-7-13(10-14(12)18)15(2)11-17(15)16-8-4-3-5-9-16;2-1(3,4)8(5,6)7/h3-6,8-9,13H,7,10-11H2,1-2H3;(H,5,6,7)/q+1;/p-1. The number of rotatable bonds is 2. The molecule has 0 spiro atoms. The van der Waals surface area contributed by atoms with Gasteiger partial charge in [0.2, 0.25) is 0 Å². The summed E-state index contributed by atoms with van der Waals surface area (Å²) in [6.07, 6.45) is 7.96. The van der Waals surface area contributed by atoms with Crippen LogP contribution in [0.15, 0.2) is 42.2 Å². The Kier molecular flexibility index (Phi) is 5.48. The van der Waals surface area contributed by atoms with E-state index in [0.717, 1.165) is 18.5 Å². The summed E-state index contributed by atoms with van der Waals surface area (Å²) >= 11 is 0. The minimum absolute atomic E-state index is 0.138. The molecule has 1 aromatic heterocycles. The first-order valence-corrected chi connectivity index (χ1v) is 9.23. The molecule has 3 rings (SSSR count). The molecule has 1 aliphatic heterocycles. The molecule has 0 saturated carbocycles. The maximum atomic E-state index is 11.8. The molecule has 2 heterocycles. The number of halogens is 3. The second-order valence-electron chi connectivity index (χ2n) is 6.52. The normalized spacial score (nSPS) is 25.9. The number of ketones is 1. The number of hydrogen-bond donors (Lipinski definition) is 0. The molecule has 1 aromatic rings. The van der Waals surface area contributed by atoms with Crippen LogP contribution in [0.2, 0.25) is 0 Å². The molecule has 6 nitrogen and oxygen atoms in total. The Labute approximate surface area is 149 Å². The predicted molar refractivity (Wildman–Crippen MR) is 85.4 cm³/mol. The number of Topliss-reactive ketones (excluding diaryl/α,β-unsaturated/α-hetero) is 1. The largest absolute Gasteiger partial charge is 0.741 e. The molecular weight excluding hydrogens is 373 g/mol. The molecular formula is C16H19F3N2O4S. The van der Waals surface area contributed by atoms with Gasteiger partial charge in [-0.15, -0.1) is 0 Å². The van der Waals surface area contributed by atoms with Gasteiger partial charge in [-0.25, -0.2) is 8.42 Å². The van der Waals surface area contributed by atoms with E-state index < -0.39 is 15.6 Å². The average Bonchev–Trinajstić information content (AvgIpc) is 3.23. The summed E-state index contributed by atoms with van der Waals surface area (Å²) in [6, 6.07) is 6.09. The minimum atomic E-state index is -6.09. The van der Waals surface area contributed by atoms with E-state index in [0.29, 0.717) is 18.1 Å². The van der Waals surface area contributed by atoms with Gasteiger partial charge in [-0.3, -0.25) is 4.79 Å². The van der Waals surface area contributed by atoms with Gasteiger partial charge in [-0.1, -0.05) is 16.8 Å². The molecule has 2 aliphatic rings.